The second kappa shape index (κ2) is 5.38. The number of aromatic nitrogens is 4. The maximum Gasteiger partial charge on any atom is 0.147 e. The van der Waals surface area contributed by atoms with Crippen molar-refractivity contribution < 1.29 is 0 Å². The van der Waals surface area contributed by atoms with Crippen molar-refractivity contribution in [1.29, 1.82) is 0 Å². The van der Waals surface area contributed by atoms with Gasteiger partial charge in [0.15, 0.2) is 0 Å². The van der Waals surface area contributed by atoms with Gasteiger partial charge in [0.1, 0.15) is 5.82 Å². The molecule has 0 saturated carbocycles. The van der Waals surface area contributed by atoms with Crippen LogP contribution in [0.25, 0.3) is 0 Å². The fourth-order valence-electron chi connectivity index (χ4n) is 2.19. The number of rotatable bonds is 4. The molecule has 0 aromatic carbocycles. The van der Waals surface area contributed by atoms with Gasteiger partial charge in [0, 0.05) is 25.5 Å². The van der Waals surface area contributed by atoms with Gasteiger partial charge in [-0.25, -0.2) is 4.98 Å². The van der Waals surface area contributed by atoms with Crippen LogP contribution in [0.2, 0.25) is 0 Å². The maximum absolute atomic E-state index is 4.46. The van der Waals surface area contributed by atoms with Crippen LogP contribution in [0.5, 0.6) is 0 Å². The van der Waals surface area contributed by atoms with Gasteiger partial charge >= 0.3 is 0 Å². The second-order valence-corrected chi connectivity index (χ2v) is 4.90. The Bertz CT molecular complexity index is 586. The molecular formula is C14H21N5. The van der Waals surface area contributed by atoms with E-state index in [0.29, 0.717) is 0 Å². The molecule has 0 aliphatic heterocycles. The summed E-state index contributed by atoms with van der Waals surface area (Å²) >= 11 is 0. The summed E-state index contributed by atoms with van der Waals surface area (Å²) in [5, 5.41) is 7.78. The van der Waals surface area contributed by atoms with Gasteiger partial charge in [-0.15, -0.1) is 0 Å². The van der Waals surface area contributed by atoms with E-state index in [2.05, 4.69) is 34.2 Å². The summed E-state index contributed by atoms with van der Waals surface area (Å²) in [5.74, 6) is 0.874. The van der Waals surface area contributed by atoms with Gasteiger partial charge in [-0.1, -0.05) is 0 Å². The lowest BCUT2D eigenvalue weighted by Crippen LogP contribution is -2.10. The first kappa shape index (κ1) is 13.5. The highest BCUT2D eigenvalue weighted by Crippen LogP contribution is 2.13. The van der Waals surface area contributed by atoms with E-state index in [-0.39, 0.29) is 0 Å². The highest BCUT2D eigenvalue weighted by molar-refractivity contribution is 5.40. The largest absolute Gasteiger partial charge is 0.368 e. The molecule has 0 aliphatic rings. The maximum atomic E-state index is 4.46. The van der Waals surface area contributed by atoms with Gasteiger partial charge in [-0.3, -0.25) is 9.67 Å². The van der Waals surface area contributed by atoms with Crippen molar-refractivity contribution in [3.05, 3.63) is 34.5 Å². The molecule has 19 heavy (non-hydrogen) atoms. The van der Waals surface area contributed by atoms with Crippen LogP contribution in [0, 0.1) is 27.7 Å². The topological polar surface area (TPSA) is 55.6 Å². The molecule has 5 heteroatoms. The number of nitrogens with one attached hydrogen (secondary N) is 1. The standard InChI is InChI=1S/C14H21N5/c1-9-8-16-11(3)14(17-9)15-7-6-13-10(2)18-19(5)12(13)4/h8H,6-7H2,1-5H3,(H,15,17). The lowest BCUT2D eigenvalue weighted by Gasteiger charge is -2.08. The van der Waals surface area contributed by atoms with Gasteiger partial charge in [0.25, 0.3) is 0 Å². The molecule has 102 valence electrons. The Kier molecular flexibility index (Phi) is 3.83. The number of hydrogen-bond acceptors (Lipinski definition) is 4. The van der Waals surface area contributed by atoms with Crippen molar-refractivity contribution >= 4 is 5.82 Å². The quantitative estimate of drug-likeness (QED) is 0.913. The van der Waals surface area contributed by atoms with E-state index in [4.69, 9.17) is 0 Å². The third-order valence-corrected chi connectivity index (χ3v) is 3.40. The zero-order valence-electron chi connectivity index (χ0n) is 12.3. The monoisotopic (exact) mass is 259 g/mol. The first-order valence-corrected chi connectivity index (χ1v) is 6.52. The van der Waals surface area contributed by atoms with E-state index in [9.17, 15) is 0 Å². The molecule has 0 aliphatic carbocycles. The summed E-state index contributed by atoms with van der Waals surface area (Å²) in [4.78, 5) is 8.76. The fraction of sp³-hybridized carbons (Fsp3) is 0.500. The zero-order chi connectivity index (χ0) is 14.0. The first-order valence-electron chi connectivity index (χ1n) is 6.52. The number of nitrogens with zero attached hydrogens (tertiary/aromatic N) is 4. The van der Waals surface area contributed by atoms with Crippen LogP contribution in [0.1, 0.15) is 28.3 Å². The molecule has 2 rings (SSSR count). The van der Waals surface area contributed by atoms with Gasteiger partial charge in [-0.05, 0) is 39.7 Å². The molecule has 2 aromatic heterocycles. The predicted octanol–water partition coefficient (Wildman–Crippen LogP) is 2.10. The summed E-state index contributed by atoms with van der Waals surface area (Å²) in [6.45, 7) is 8.92. The minimum atomic E-state index is 0.840. The molecule has 0 radical (unpaired) electrons. The van der Waals surface area contributed by atoms with Gasteiger partial charge in [0.2, 0.25) is 0 Å². The molecule has 2 aromatic rings. The van der Waals surface area contributed by atoms with Crippen LogP contribution in [-0.2, 0) is 13.5 Å². The van der Waals surface area contributed by atoms with E-state index >= 15 is 0 Å². The molecule has 0 spiro atoms. The Balaban J connectivity index is 2.02. The molecule has 5 nitrogen and oxygen atoms in total. The molecule has 0 bridgehead atoms. The molecule has 0 saturated heterocycles. The van der Waals surface area contributed by atoms with Gasteiger partial charge < -0.3 is 5.32 Å². The average Bonchev–Trinajstić information content (AvgIpc) is 2.60. The highest BCUT2D eigenvalue weighted by Gasteiger charge is 2.09. The molecular weight excluding hydrogens is 238 g/mol. The van der Waals surface area contributed by atoms with Gasteiger partial charge in [0.05, 0.1) is 17.1 Å². The summed E-state index contributed by atoms with van der Waals surface area (Å²) in [6.07, 6.45) is 2.73. The van der Waals surface area contributed by atoms with Crippen LogP contribution in [-0.4, -0.2) is 26.3 Å². The summed E-state index contributed by atoms with van der Waals surface area (Å²) in [6, 6.07) is 0. The van der Waals surface area contributed by atoms with Crippen LogP contribution >= 0.6 is 0 Å². The molecule has 0 unspecified atom stereocenters. The SMILES string of the molecule is Cc1cnc(C)c(NCCc2c(C)nn(C)c2C)n1. The zero-order valence-corrected chi connectivity index (χ0v) is 12.3. The van der Waals surface area contributed by atoms with E-state index in [1.54, 1.807) is 6.20 Å². The van der Waals surface area contributed by atoms with Crippen molar-refractivity contribution in [1.82, 2.24) is 19.7 Å². The highest BCUT2D eigenvalue weighted by atomic mass is 15.3. The summed E-state index contributed by atoms with van der Waals surface area (Å²) < 4.78 is 1.93. The smallest absolute Gasteiger partial charge is 0.147 e. The number of hydrogen-bond donors (Lipinski definition) is 1. The van der Waals surface area contributed by atoms with E-state index in [0.717, 1.165) is 35.9 Å². The van der Waals surface area contributed by atoms with Crippen LogP contribution < -0.4 is 5.32 Å². The predicted molar refractivity (Wildman–Crippen MR) is 76.4 cm³/mol. The molecule has 0 amide bonds. The van der Waals surface area contributed by atoms with Crippen LogP contribution in [0.3, 0.4) is 0 Å². The first-order chi connectivity index (χ1) is 8.99. The minimum Gasteiger partial charge on any atom is -0.368 e. The van der Waals surface area contributed by atoms with E-state index in [1.807, 2.05) is 25.6 Å². The van der Waals surface area contributed by atoms with Crippen molar-refractivity contribution in [2.24, 2.45) is 7.05 Å². The number of aryl methyl sites for hydroxylation is 4. The third kappa shape index (κ3) is 2.92. The Labute approximate surface area is 114 Å². The Morgan fingerprint density at radius 1 is 1.16 bits per heavy atom. The second-order valence-electron chi connectivity index (χ2n) is 4.90. The van der Waals surface area contributed by atoms with Gasteiger partial charge in [-0.2, -0.15) is 5.10 Å². The molecule has 2 heterocycles. The summed E-state index contributed by atoms with van der Waals surface area (Å²) in [5.41, 5.74) is 5.51. The van der Waals surface area contributed by atoms with Crippen molar-refractivity contribution in [2.45, 2.75) is 34.1 Å². The van der Waals surface area contributed by atoms with Crippen molar-refractivity contribution in [2.75, 3.05) is 11.9 Å². The average molecular weight is 259 g/mol. The molecule has 1 N–H and O–H groups in total. The Hall–Kier alpha value is -1.91. The fourth-order valence-corrected chi connectivity index (χ4v) is 2.19. The van der Waals surface area contributed by atoms with Crippen molar-refractivity contribution in [3.63, 3.8) is 0 Å². The molecule has 0 atom stereocenters. The van der Waals surface area contributed by atoms with E-state index < -0.39 is 0 Å². The van der Waals surface area contributed by atoms with Crippen LogP contribution in [0.15, 0.2) is 6.20 Å². The summed E-state index contributed by atoms with van der Waals surface area (Å²) in [7, 11) is 1.98. The lowest BCUT2D eigenvalue weighted by molar-refractivity contribution is 0.730. The number of anilines is 1. The van der Waals surface area contributed by atoms with Crippen molar-refractivity contribution in [3.8, 4) is 0 Å². The lowest BCUT2D eigenvalue weighted by atomic mass is 10.1. The Morgan fingerprint density at radius 2 is 1.89 bits per heavy atom. The third-order valence-electron chi connectivity index (χ3n) is 3.40. The Morgan fingerprint density at radius 3 is 2.53 bits per heavy atom. The molecule has 0 fully saturated rings. The minimum absolute atomic E-state index is 0.840. The normalized spacial score (nSPS) is 10.8. The van der Waals surface area contributed by atoms with E-state index in [1.165, 1.54) is 11.3 Å². The van der Waals surface area contributed by atoms with Crippen LogP contribution in [0.4, 0.5) is 5.82 Å².